The van der Waals surface area contributed by atoms with Crippen LogP contribution in [0.25, 0.3) is 10.4 Å². The Bertz CT molecular complexity index is 869. The van der Waals surface area contributed by atoms with Gasteiger partial charge in [0.25, 0.3) is 10.1 Å². The van der Waals surface area contributed by atoms with Crippen molar-refractivity contribution in [3.8, 4) is 0 Å². The maximum absolute atomic E-state index is 13.7. The number of hydrogen-bond donors (Lipinski definition) is 0. The summed E-state index contributed by atoms with van der Waals surface area (Å²) in [5, 5.41) is 2.47. The number of benzene rings is 1. The molecule has 0 bridgehead atoms. The average Bonchev–Trinajstić information content (AvgIpc) is 2.56. The van der Waals surface area contributed by atoms with Crippen molar-refractivity contribution in [1.82, 2.24) is 0 Å². The first-order valence-electron chi connectivity index (χ1n) is 6.67. The number of carbonyl (C=O) groups excluding carboxylic acids is 1. The Morgan fingerprint density at radius 3 is 2.15 bits per heavy atom. The molecule has 1 aromatic carbocycles. The molecule has 13 heteroatoms. The number of nitrogens with zero attached hydrogens (tertiary/aromatic N) is 3. The molecule has 0 heterocycles. The Hall–Kier alpha value is -2.63. The highest BCUT2D eigenvalue weighted by atomic mass is 32.2. The highest BCUT2D eigenvalue weighted by molar-refractivity contribution is 7.90. The summed E-state index contributed by atoms with van der Waals surface area (Å²) in [7, 11) is -3.98. The smallest absolute Gasteiger partial charge is 0.344 e. The Morgan fingerprint density at radius 2 is 1.69 bits per heavy atom. The van der Waals surface area contributed by atoms with Gasteiger partial charge in [-0.15, -0.1) is 0 Å². The Kier molecular flexibility index (Phi) is 7.12. The molecule has 0 spiro atoms. The first-order chi connectivity index (χ1) is 12.0. The third-order valence-corrected chi connectivity index (χ3v) is 4.11. The number of ether oxygens (including phenoxy) is 1. The molecule has 0 saturated carbocycles. The molecule has 8 nitrogen and oxygen atoms in total. The molecule has 142 valence electrons. The lowest BCUT2D eigenvalue weighted by Crippen LogP contribution is -2.15. The summed E-state index contributed by atoms with van der Waals surface area (Å²) < 4.78 is 85.9. The van der Waals surface area contributed by atoms with Crippen LogP contribution in [0.5, 0.6) is 0 Å². The maximum atomic E-state index is 13.7. The third kappa shape index (κ3) is 4.71. The van der Waals surface area contributed by atoms with Gasteiger partial charge < -0.3 is 4.74 Å². The normalized spacial score (nSPS) is 11.0. The summed E-state index contributed by atoms with van der Waals surface area (Å²) in [5.41, 5.74) is 4.88. The van der Waals surface area contributed by atoms with Crippen molar-refractivity contribution < 1.29 is 39.7 Å². The summed E-state index contributed by atoms with van der Waals surface area (Å²) in [4.78, 5) is 13.4. The first-order valence-corrected chi connectivity index (χ1v) is 8.08. The van der Waals surface area contributed by atoms with Gasteiger partial charge in [-0.1, -0.05) is 11.7 Å². The van der Waals surface area contributed by atoms with Crippen LogP contribution in [-0.4, -0.2) is 27.6 Å². The lowest BCUT2D eigenvalue weighted by molar-refractivity contribution is 0.0474. The maximum Gasteiger partial charge on any atom is 0.344 e. The number of allylic oxidation sites excluding steroid dienone is 1. The van der Waals surface area contributed by atoms with E-state index in [0.717, 1.165) is 0 Å². The van der Waals surface area contributed by atoms with Gasteiger partial charge in [-0.2, -0.15) is 8.42 Å². The number of rotatable bonds is 8. The predicted molar refractivity (Wildman–Crippen MR) is 79.7 cm³/mol. The number of halogens is 4. The van der Waals surface area contributed by atoms with E-state index in [1.807, 2.05) is 4.91 Å². The SMILES string of the molecule is C=C(C)S(=O)(=O)OCCCOC(=O)c1c(F)c(F)c(N=[N+]=[N-])c(F)c1F. The van der Waals surface area contributed by atoms with Crippen LogP contribution in [-0.2, 0) is 19.0 Å². The van der Waals surface area contributed by atoms with Crippen molar-refractivity contribution in [2.75, 3.05) is 13.2 Å². The van der Waals surface area contributed by atoms with Crippen molar-refractivity contribution >= 4 is 21.8 Å². The standard InChI is InChI=1S/C13H11F4N3O5S/c1-6(2)26(22,23)25-5-3-4-24-13(21)7-8(14)10(16)12(19-20-18)11(17)9(7)15/h1,3-5H2,2H3. The zero-order valence-corrected chi connectivity index (χ0v) is 13.9. The van der Waals surface area contributed by atoms with E-state index >= 15 is 0 Å². The van der Waals surface area contributed by atoms with E-state index in [2.05, 4.69) is 20.6 Å². The second-order valence-electron chi connectivity index (χ2n) is 4.64. The molecule has 0 aliphatic rings. The van der Waals surface area contributed by atoms with Crippen molar-refractivity contribution in [3.63, 3.8) is 0 Å². The van der Waals surface area contributed by atoms with E-state index in [4.69, 9.17) is 5.53 Å². The molecule has 1 aromatic rings. The van der Waals surface area contributed by atoms with Gasteiger partial charge in [-0.25, -0.2) is 22.4 Å². The van der Waals surface area contributed by atoms with Crippen molar-refractivity contribution in [2.45, 2.75) is 13.3 Å². The Labute approximate surface area is 144 Å². The lowest BCUT2D eigenvalue weighted by atomic mass is 10.1. The van der Waals surface area contributed by atoms with Crippen LogP contribution in [0.2, 0.25) is 0 Å². The molecule has 26 heavy (non-hydrogen) atoms. The largest absolute Gasteiger partial charge is 0.462 e. The van der Waals surface area contributed by atoms with Crippen LogP contribution in [0.1, 0.15) is 23.7 Å². The number of esters is 1. The lowest BCUT2D eigenvalue weighted by Gasteiger charge is -2.10. The minimum atomic E-state index is -3.98. The second kappa shape index (κ2) is 8.65. The third-order valence-electron chi connectivity index (χ3n) is 2.78. The van der Waals surface area contributed by atoms with Crippen LogP contribution in [0.3, 0.4) is 0 Å². The highest BCUT2D eigenvalue weighted by Gasteiger charge is 2.29. The summed E-state index contributed by atoms with van der Waals surface area (Å²) in [5.74, 6) is -10.1. The van der Waals surface area contributed by atoms with Gasteiger partial charge in [0.05, 0.1) is 18.1 Å². The van der Waals surface area contributed by atoms with Gasteiger partial charge in [0, 0.05) is 11.3 Å². The average molecular weight is 397 g/mol. The molecular weight excluding hydrogens is 386 g/mol. The Balaban J connectivity index is 2.83. The van der Waals surface area contributed by atoms with Crippen LogP contribution in [0, 0.1) is 23.3 Å². The number of carbonyl (C=O) groups is 1. The van der Waals surface area contributed by atoms with E-state index in [9.17, 15) is 30.8 Å². The van der Waals surface area contributed by atoms with E-state index < -0.39 is 63.8 Å². The molecule has 0 aliphatic carbocycles. The molecule has 0 aromatic heterocycles. The van der Waals surface area contributed by atoms with Crippen molar-refractivity contribution in [1.29, 1.82) is 0 Å². The molecule has 0 atom stereocenters. The van der Waals surface area contributed by atoms with Gasteiger partial charge >= 0.3 is 5.97 Å². The summed E-state index contributed by atoms with van der Waals surface area (Å²) >= 11 is 0. The first kappa shape index (κ1) is 21.4. The van der Waals surface area contributed by atoms with Crippen LogP contribution in [0.4, 0.5) is 23.2 Å². The van der Waals surface area contributed by atoms with Crippen LogP contribution < -0.4 is 0 Å². The summed E-state index contributed by atoms with van der Waals surface area (Å²) in [6.45, 7) is 3.35. The quantitative estimate of drug-likeness (QED) is 0.0970. The van der Waals surface area contributed by atoms with Crippen molar-refractivity contribution in [2.24, 2.45) is 5.11 Å². The fraction of sp³-hybridized carbons (Fsp3) is 0.308. The van der Waals surface area contributed by atoms with Crippen molar-refractivity contribution in [3.05, 3.63) is 50.8 Å². The van der Waals surface area contributed by atoms with E-state index in [0.29, 0.717) is 0 Å². The molecule has 0 N–H and O–H groups in total. The predicted octanol–water partition coefficient (Wildman–Crippen LogP) is 3.61. The zero-order valence-electron chi connectivity index (χ0n) is 13.1. The summed E-state index contributed by atoms with van der Waals surface area (Å²) in [6, 6.07) is 0. The van der Waals surface area contributed by atoms with Crippen LogP contribution in [0.15, 0.2) is 16.6 Å². The fourth-order valence-corrected chi connectivity index (χ4v) is 2.04. The topological polar surface area (TPSA) is 118 Å². The van der Waals surface area contributed by atoms with Gasteiger partial charge in [-0.3, -0.25) is 4.18 Å². The monoisotopic (exact) mass is 397 g/mol. The molecule has 1 rings (SSSR count). The van der Waals surface area contributed by atoms with Gasteiger partial charge in [0.2, 0.25) is 0 Å². The van der Waals surface area contributed by atoms with Gasteiger partial charge in [0.15, 0.2) is 23.3 Å². The second-order valence-corrected chi connectivity index (χ2v) is 6.48. The summed E-state index contributed by atoms with van der Waals surface area (Å²) in [6.07, 6.45) is -0.205. The number of azide groups is 1. The molecule has 0 aliphatic heterocycles. The molecule has 0 fully saturated rings. The minimum Gasteiger partial charge on any atom is -0.462 e. The minimum absolute atomic E-state index is 0.205. The van der Waals surface area contributed by atoms with E-state index in [1.165, 1.54) is 6.92 Å². The molecular formula is C13H11F4N3O5S. The van der Waals surface area contributed by atoms with E-state index in [1.54, 1.807) is 0 Å². The molecule has 0 unspecified atom stereocenters. The highest BCUT2D eigenvalue weighted by Crippen LogP contribution is 2.30. The van der Waals surface area contributed by atoms with Crippen LogP contribution >= 0.6 is 0 Å². The zero-order chi connectivity index (χ0) is 20.1. The van der Waals surface area contributed by atoms with E-state index in [-0.39, 0.29) is 11.3 Å². The fourth-order valence-electron chi connectivity index (χ4n) is 1.50. The molecule has 0 radical (unpaired) electrons. The Morgan fingerprint density at radius 1 is 1.15 bits per heavy atom. The van der Waals surface area contributed by atoms with Gasteiger partial charge in [-0.05, 0) is 12.5 Å². The molecule has 0 saturated heterocycles. The number of hydrogen-bond acceptors (Lipinski definition) is 6. The van der Waals surface area contributed by atoms with Gasteiger partial charge in [0.1, 0.15) is 11.3 Å². The molecule has 0 amide bonds.